The summed E-state index contributed by atoms with van der Waals surface area (Å²) in [5, 5.41) is 5.50. The molecule has 3 aromatic rings. The van der Waals surface area contributed by atoms with Crippen molar-refractivity contribution in [2.24, 2.45) is 0 Å². The minimum atomic E-state index is 0.589. The SMILES string of the molecule is CCc1cc2c(Nc3cc(Cl)cc(Cl)c3)nc(C)nc2s1. The lowest BCUT2D eigenvalue weighted by Gasteiger charge is -2.08. The third-order valence-electron chi connectivity index (χ3n) is 3.03. The normalized spacial score (nSPS) is 11.0. The van der Waals surface area contributed by atoms with Crippen LogP contribution in [0.15, 0.2) is 24.3 Å². The largest absolute Gasteiger partial charge is 0.339 e. The van der Waals surface area contributed by atoms with Crippen LogP contribution < -0.4 is 5.32 Å². The molecule has 1 aromatic carbocycles. The molecule has 108 valence electrons. The van der Waals surface area contributed by atoms with Crippen LogP contribution in [0, 0.1) is 6.92 Å². The van der Waals surface area contributed by atoms with Gasteiger partial charge in [-0.05, 0) is 37.6 Å². The van der Waals surface area contributed by atoms with Crippen LogP contribution in [0.2, 0.25) is 10.0 Å². The molecular formula is C15H13Cl2N3S. The highest BCUT2D eigenvalue weighted by Crippen LogP contribution is 2.32. The van der Waals surface area contributed by atoms with Gasteiger partial charge in [-0.2, -0.15) is 0 Å². The summed E-state index contributed by atoms with van der Waals surface area (Å²) < 4.78 is 0. The smallest absolute Gasteiger partial charge is 0.142 e. The molecule has 1 N–H and O–H groups in total. The molecule has 0 bridgehead atoms. The Labute approximate surface area is 137 Å². The summed E-state index contributed by atoms with van der Waals surface area (Å²) in [6, 6.07) is 7.48. The highest BCUT2D eigenvalue weighted by Gasteiger charge is 2.10. The van der Waals surface area contributed by atoms with E-state index in [0.717, 1.165) is 34.0 Å². The lowest BCUT2D eigenvalue weighted by molar-refractivity contribution is 1.10. The van der Waals surface area contributed by atoms with Crippen LogP contribution in [0.5, 0.6) is 0 Å². The van der Waals surface area contributed by atoms with Crippen molar-refractivity contribution in [3.05, 3.63) is 45.0 Å². The van der Waals surface area contributed by atoms with Crippen molar-refractivity contribution in [3.8, 4) is 0 Å². The van der Waals surface area contributed by atoms with Crippen LogP contribution in [0.1, 0.15) is 17.6 Å². The second-order valence-corrected chi connectivity index (χ2v) is 6.68. The zero-order valence-corrected chi connectivity index (χ0v) is 13.9. The monoisotopic (exact) mass is 337 g/mol. The number of aromatic nitrogens is 2. The first-order valence-electron chi connectivity index (χ1n) is 6.55. The Morgan fingerprint density at radius 2 is 1.81 bits per heavy atom. The molecular weight excluding hydrogens is 325 g/mol. The number of anilines is 2. The average molecular weight is 338 g/mol. The van der Waals surface area contributed by atoms with Gasteiger partial charge in [-0.25, -0.2) is 9.97 Å². The van der Waals surface area contributed by atoms with Gasteiger partial charge in [-0.3, -0.25) is 0 Å². The molecule has 0 atom stereocenters. The van der Waals surface area contributed by atoms with Gasteiger partial charge in [0.05, 0.1) is 5.39 Å². The number of aryl methyl sites for hydroxylation is 2. The third-order valence-corrected chi connectivity index (χ3v) is 4.64. The lowest BCUT2D eigenvalue weighted by Crippen LogP contribution is -1.97. The molecule has 0 saturated heterocycles. The van der Waals surface area contributed by atoms with Crippen molar-refractivity contribution >= 4 is 56.3 Å². The van der Waals surface area contributed by atoms with Crippen LogP contribution >= 0.6 is 34.5 Å². The van der Waals surface area contributed by atoms with Crippen LogP contribution in [-0.4, -0.2) is 9.97 Å². The van der Waals surface area contributed by atoms with E-state index >= 15 is 0 Å². The molecule has 2 aromatic heterocycles. The fraction of sp³-hybridized carbons (Fsp3) is 0.200. The van der Waals surface area contributed by atoms with Gasteiger partial charge in [0.25, 0.3) is 0 Å². The first kappa shape index (κ1) is 14.6. The maximum atomic E-state index is 6.04. The predicted octanol–water partition coefficient (Wildman–Crippen LogP) is 5.61. The van der Waals surface area contributed by atoms with Gasteiger partial charge >= 0.3 is 0 Å². The molecule has 0 fully saturated rings. The van der Waals surface area contributed by atoms with Crippen molar-refractivity contribution in [2.75, 3.05) is 5.32 Å². The minimum Gasteiger partial charge on any atom is -0.339 e. The molecule has 0 spiro atoms. The number of benzene rings is 1. The van der Waals surface area contributed by atoms with E-state index in [1.54, 1.807) is 17.4 Å². The number of rotatable bonds is 3. The van der Waals surface area contributed by atoms with Gasteiger partial charge in [0, 0.05) is 20.6 Å². The summed E-state index contributed by atoms with van der Waals surface area (Å²) in [7, 11) is 0. The third kappa shape index (κ3) is 3.12. The molecule has 6 heteroatoms. The number of thiophene rings is 1. The van der Waals surface area contributed by atoms with Crippen molar-refractivity contribution in [2.45, 2.75) is 20.3 Å². The number of hydrogen-bond donors (Lipinski definition) is 1. The summed E-state index contributed by atoms with van der Waals surface area (Å²) in [5.41, 5.74) is 0.816. The fourth-order valence-corrected chi connectivity index (χ4v) is 3.65. The van der Waals surface area contributed by atoms with E-state index in [-0.39, 0.29) is 0 Å². The zero-order valence-electron chi connectivity index (χ0n) is 11.6. The van der Waals surface area contributed by atoms with E-state index in [2.05, 4.69) is 28.3 Å². The van der Waals surface area contributed by atoms with E-state index in [4.69, 9.17) is 23.2 Å². The van der Waals surface area contributed by atoms with Gasteiger partial charge < -0.3 is 5.32 Å². The van der Waals surface area contributed by atoms with E-state index in [1.165, 1.54) is 4.88 Å². The van der Waals surface area contributed by atoms with Crippen molar-refractivity contribution in [3.63, 3.8) is 0 Å². The molecule has 21 heavy (non-hydrogen) atoms. The number of fused-ring (bicyclic) bond motifs is 1. The molecule has 0 radical (unpaired) electrons. The highest BCUT2D eigenvalue weighted by molar-refractivity contribution is 7.18. The molecule has 0 aliphatic heterocycles. The Bertz CT molecular complexity index is 794. The number of nitrogens with zero attached hydrogens (tertiary/aromatic N) is 2. The topological polar surface area (TPSA) is 37.8 Å². The van der Waals surface area contributed by atoms with Gasteiger partial charge in [0.2, 0.25) is 0 Å². The molecule has 3 nitrogen and oxygen atoms in total. The van der Waals surface area contributed by atoms with Crippen LogP contribution in [0.4, 0.5) is 11.5 Å². The van der Waals surface area contributed by atoms with E-state index in [9.17, 15) is 0 Å². The van der Waals surface area contributed by atoms with Gasteiger partial charge in [0.1, 0.15) is 16.5 Å². The Hall–Kier alpha value is -1.36. The molecule has 0 saturated carbocycles. The van der Waals surface area contributed by atoms with Crippen LogP contribution in [-0.2, 0) is 6.42 Å². The Kier molecular flexibility index (Phi) is 4.02. The Balaban J connectivity index is 2.08. The quantitative estimate of drug-likeness (QED) is 0.674. The van der Waals surface area contributed by atoms with Crippen LogP contribution in [0.25, 0.3) is 10.2 Å². The summed E-state index contributed by atoms with van der Waals surface area (Å²) in [6.45, 7) is 4.02. The molecule has 0 unspecified atom stereocenters. The van der Waals surface area contributed by atoms with E-state index < -0.39 is 0 Å². The first-order chi connectivity index (χ1) is 10.0. The first-order valence-corrected chi connectivity index (χ1v) is 8.12. The van der Waals surface area contributed by atoms with Gasteiger partial charge in [-0.15, -0.1) is 11.3 Å². The average Bonchev–Trinajstić information content (AvgIpc) is 2.80. The molecule has 0 aliphatic rings. The summed E-state index contributed by atoms with van der Waals surface area (Å²) in [4.78, 5) is 11.3. The van der Waals surface area contributed by atoms with Gasteiger partial charge in [0.15, 0.2) is 0 Å². The number of nitrogens with one attached hydrogen (secondary N) is 1. The molecule has 2 heterocycles. The predicted molar refractivity (Wildman–Crippen MR) is 91.3 cm³/mol. The van der Waals surface area contributed by atoms with Crippen molar-refractivity contribution in [1.29, 1.82) is 0 Å². The zero-order chi connectivity index (χ0) is 15.0. The van der Waals surface area contributed by atoms with Crippen molar-refractivity contribution in [1.82, 2.24) is 9.97 Å². The Morgan fingerprint density at radius 1 is 1.10 bits per heavy atom. The van der Waals surface area contributed by atoms with Crippen LogP contribution in [0.3, 0.4) is 0 Å². The second kappa shape index (κ2) is 5.79. The second-order valence-electron chi connectivity index (χ2n) is 4.69. The summed E-state index contributed by atoms with van der Waals surface area (Å²) >= 11 is 13.8. The summed E-state index contributed by atoms with van der Waals surface area (Å²) in [6.07, 6.45) is 0.989. The Morgan fingerprint density at radius 3 is 2.48 bits per heavy atom. The van der Waals surface area contributed by atoms with Crippen molar-refractivity contribution < 1.29 is 0 Å². The fourth-order valence-electron chi connectivity index (χ4n) is 2.11. The number of halogens is 2. The van der Waals surface area contributed by atoms with E-state index in [1.807, 2.05) is 19.1 Å². The molecule has 3 rings (SSSR count). The standard InChI is InChI=1S/C15H13Cl2N3S/c1-3-12-7-13-14(18-8(2)19-15(13)21-12)20-11-5-9(16)4-10(17)6-11/h4-7H,3H2,1-2H3,(H,18,19,20). The highest BCUT2D eigenvalue weighted by atomic mass is 35.5. The minimum absolute atomic E-state index is 0.589. The summed E-state index contributed by atoms with van der Waals surface area (Å²) in [5.74, 6) is 1.52. The number of hydrogen-bond acceptors (Lipinski definition) is 4. The van der Waals surface area contributed by atoms with E-state index in [0.29, 0.717) is 10.0 Å². The molecule has 0 aliphatic carbocycles. The van der Waals surface area contributed by atoms with Gasteiger partial charge in [-0.1, -0.05) is 30.1 Å². The lowest BCUT2D eigenvalue weighted by atomic mass is 10.2. The maximum absolute atomic E-state index is 6.04. The molecule has 0 amide bonds. The maximum Gasteiger partial charge on any atom is 0.142 e.